The number of rotatable bonds is 3. The smallest absolute Gasteiger partial charge is 0.325 e. The van der Waals surface area contributed by atoms with Gasteiger partial charge in [0.05, 0.1) is 22.3 Å². The molecule has 0 aliphatic rings. The zero-order valence-electron chi connectivity index (χ0n) is 13.6. The number of fused-ring (bicyclic) bond motifs is 1. The van der Waals surface area contributed by atoms with Crippen LogP contribution in [-0.4, -0.2) is 23.6 Å². The van der Waals surface area contributed by atoms with Crippen LogP contribution in [0.25, 0.3) is 10.2 Å². The van der Waals surface area contributed by atoms with Gasteiger partial charge >= 0.3 is 5.97 Å². The molecule has 0 spiro atoms. The first-order chi connectivity index (χ1) is 12.8. The fourth-order valence-electron chi connectivity index (χ4n) is 2.38. The van der Waals surface area contributed by atoms with Crippen LogP contribution >= 0.6 is 57.7 Å². The molecule has 0 aliphatic heterocycles. The van der Waals surface area contributed by atoms with Crippen molar-refractivity contribution in [2.24, 2.45) is 4.99 Å². The van der Waals surface area contributed by atoms with E-state index in [4.69, 9.17) is 51.1 Å². The molecule has 0 saturated carbocycles. The van der Waals surface area contributed by atoms with Crippen LogP contribution in [0.2, 0.25) is 20.1 Å². The molecule has 0 N–H and O–H groups in total. The second-order valence-corrected chi connectivity index (χ2v) is 8.08. The Morgan fingerprint density at radius 3 is 2.30 bits per heavy atom. The Kier molecular flexibility index (Phi) is 6.13. The van der Waals surface area contributed by atoms with Crippen molar-refractivity contribution in [1.29, 1.82) is 0 Å². The van der Waals surface area contributed by atoms with Crippen molar-refractivity contribution in [2.75, 3.05) is 7.11 Å². The zero-order chi connectivity index (χ0) is 19.7. The first-order valence-electron chi connectivity index (χ1n) is 7.39. The Morgan fingerprint density at radius 2 is 1.67 bits per heavy atom. The summed E-state index contributed by atoms with van der Waals surface area (Å²) < 4.78 is 6.91. The van der Waals surface area contributed by atoms with Gasteiger partial charge in [-0.05, 0) is 30.3 Å². The molecule has 1 amide bonds. The van der Waals surface area contributed by atoms with E-state index >= 15 is 0 Å². The van der Waals surface area contributed by atoms with Crippen LogP contribution in [-0.2, 0) is 16.1 Å². The summed E-state index contributed by atoms with van der Waals surface area (Å²) in [5, 5.41) is 1.39. The van der Waals surface area contributed by atoms with Crippen molar-refractivity contribution >= 4 is 79.8 Å². The van der Waals surface area contributed by atoms with Crippen LogP contribution in [0.15, 0.2) is 35.3 Å². The van der Waals surface area contributed by atoms with E-state index in [1.54, 1.807) is 12.1 Å². The molecule has 0 aliphatic carbocycles. The molecule has 1 aromatic heterocycles. The SMILES string of the molecule is COC(=O)Cn1c(=NC(=O)c2cc(Cl)cc(Cl)c2)sc2cc(Cl)cc(Cl)c21. The zero-order valence-corrected chi connectivity index (χ0v) is 17.5. The maximum atomic E-state index is 12.6. The maximum absolute atomic E-state index is 12.6. The van der Waals surface area contributed by atoms with E-state index in [2.05, 4.69) is 4.99 Å². The standard InChI is InChI=1S/C17H10Cl4N2O3S/c1-26-14(24)7-23-15-12(21)5-11(20)6-13(15)27-17(23)22-16(25)8-2-9(18)4-10(19)3-8/h2-6H,7H2,1H3. The number of methoxy groups -OCH3 is 1. The van der Waals surface area contributed by atoms with Crippen LogP contribution < -0.4 is 4.80 Å². The number of aromatic nitrogens is 1. The van der Waals surface area contributed by atoms with E-state index in [-0.39, 0.29) is 16.9 Å². The quantitative estimate of drug-likeness (QED) is 0.499. The normalized spacial score (nSPS) is 11.8. The number of esters is 1. The second kappa shape index (κ2) is 8.20. The van der Waals surface area contributed by atoms with E-state index in [1.807, 2.05) is 0 Å². The number of benzene rings is 2. The summed E-state index contributed by atoms with van der Waals surface area (Å²) in [4.78, 5) is 28.8. The molecule has 27 heavy (non-hydrogen) atoms. The Bertz CT molecular complexity index is 1120. The molecule has 5 nitrogen and oxygen atoms in total. The average Bonchev–Trinajstić information content (AvgIpc) is 2.90. The first-order valence-corrected chi connectivity index (χ1v) is 9.71. The monoisotopic (exact) mass is 462 g/mol. The summed E-state index contributed by atoms with van der Waals surface area (Å²) in [5.41, 5.74) is 0.755. The first kappa shape index (κ1) is 20.2. The van der Waals surface area contributed by atoms with Gasteiger partial charge in [0.2, 0.25) is 0 Å². The molecule has 0 saturated heterocycles. The molecule has 0 fully saturated rings. The Labute approximate surface area is 177 Å². The van der Waals surface area contributed by atoms with Crippen molar-refractivity contribution in [2.45, 2.75) is 6.54 Å². The summed E-state index contributed by atoms with van der Waals surface area (Å²) in [7, 11) is 1.27. The van der Waals surface area contributed by atoms with Gasteiger partial charge in [-0.15, -0.1) is 0 Å². The average molecular weight is 464 g/mol. The molecule has 2 aromatic carbocycles. The number of carbonyl (C=O) groups excluding carboxylic acids is 2. The molecule has 0 unspecified atom stereocenters. The lowest BCUT2D eigenvalue weighted by Crippen LogP contribution is -2.22. The van der Waals surface area contributed by atoms with Crippen LogP contribution in [0, 0.1) is 0 Å². The summed E-state index contributed by atoms with van der Waals surface area (Å²) in [5.74, 6) is -1.08. The van der Waals surface area contributed by atoms with Gasteiger partial charge in [0.1, 0.15) is 6.54 Å². The minimum absolute atomic E-state index is 0.166. The van der Waals surface area contributed by atoms with E-state index in [0.29, 0.717) is 30.3 Å². The number of hydrogen-bond acceptors (Lipinski definition) is 4. The van der Waals surface area contributed by atoms with Crippen LogP contribution in [0.4, 0.5) is 0 Å². The molecule has 10 heteroatoms. The Hall–Kier alpha value is -1.57. The number of hydrogen-bond donors (Lipinski definition) is 0. The number of nitrogens with zero attached hydrogens (tertiary/aromatic N) is 2. The number of ether oxygens (including phenoxy) is 1. The lowest BCUT2D eigenvalue weighted by molar-refractivity contribution is -0.141. The van der Waals surface area contributed by atoms with Crippen molar-refractivity contribution in [3.8, 4) is 0 Å². The largest absolute Gasteiger partial charge is 0.468 e. The molecular weight excluding hydrogens is 454 g/mol. The Balaban J connectivity index is 2.21. The summed E-state index contributed by atoms with van der Waals surface area (Å²) in [6.07, 6.45) is 0. The lowest BCUT2D eigenvalue weighted by Gasteiger charge is -2.05. The third kappa shape index (κ3) is 4.47. The van der Waals surface area contributed by atoms with Crippen molar-refractivity contribution < 1.29 is 14.3 Å². The third-order valence-corrected chi connectivity index (χ3v) is 5.48. The lowest BCUT2D eigenvalue weighted by atomic mass is 10.2. The predicted octanol–water partition coefficient (Wildman–Crippen LogP) is 5.23. The minimum atomic E-state index is -0.563. The summed E-state index contributed by atoms with van der Waals surface area (Å²) >= 11 is 25.4. The number of halogens is 4. The van der Waals surface area contributed by atoms with Crippen molar-refractivity contribution in [3.63, 3.8) is 0 Å². The molecule has 0 atom stereocenters. The molecule has 3 aromatic rings. The Morgan fingerprint density at radius 1 is 1.04 bits per heavy atom. The maximum Gasteiger partial charge on any atom is 0.325 e. The van der Waals surface area contributed by atoms with E-state index in [0.717, 1.165) is 0 Å². The second-order valence-electron chi connectivity index (χ2n) is 5.36. The molecule has 0 bridgehead atoms. The van der Waals surface area contributed by atoms with Gasteiger partial charge in [0.15, 0.2) is 4.80 Å². The van der Waals surface area contributed by atoms with Crippen LogP contribution in [0.3, 0.4) is 0 Å². The van der Waals surface area contributed by atoms with Gasteiger partial charge in [-0.25, -0.2) is 0 Å². The topological polar surface area (TPSA) is 60.7 Å². The summed E-state index contributed by atoms with van der Waals surface area (Å²) in [6.45, 7) is -0.166. The number of thiazole rings is 1. The molecule has 140 valence electrons. The number of amides is 1. The highest BCUT2D eigenvalue weighted by Gasteiger charge is 2.16. The van der Waals surface area contributed by atoms with Gasteiger partial charge in [0.25, 0.3) is 5.91 Å². The minimum Gasteiger partial charge on any atom is -0.468 e. The molecular formula is C17H10Cl4N2O3S. The molecule has 1 heterocycles. The van der Waals surface area contributed by atoms with Crippen LogP contribution in [0.5, 0.6) is 0 Å². The summed E-state index contributed by atoms with van der Waals surface area (Å²) in [6, 6.07) is 7.66. The van der Waals surface area contributed by atoms with Crippen molar-refractivity contribution in [3.05, 3.63) is 60.8 Å². The van der Waals surface area contributed by atoms with E-state index < -0.39 is 11.9 Å². The third-order valence-electron chi connectivity index (χ3n) is 3.52. The fraction of sp³-hybridized carbons (Fsp3) is 0.118. The molecule has 0 radical (unpaired) electrons. The highest BCUT2D eigenvalue weighted by Crippen LogP contribution is 2.30. The van der Waals surface area contributed by atoms with E-state index in [1.165, 1.54) is 41.2 Å². The highest BCUT2D eigenvalue weighted by atomic mass is 35.5. The van der Waals surface area contributed by atoms with Gasteiger partial charge in [-0.3, -0.25) is 9.59 Å². The van der Waals surface area contributed by atoms with Gasteiger partial charge < -0.3 is 9.30 Å². The van der Waals surface area contributed by atoms with Gasteiger partial charge in [-0.1, -0.05) is 57.7 Å². The van der Waals surface area contributed by atoms with E-state index in [9.17, 15) is 9.59 Å². The van der Waals surface area contributed by atoms with Crippen molar-refractivity contribution in [1.82, 2.24) is 4.57 Å². The van der Waals surface area contributed by atoms with Crippen LogP contribution in [0.1, 0.15) is 10.4 Å². The fourth-order valence-corrected chi connectivity index (χ4v) is 4.72. The number of carbonyl (C=O) groups is 2. The highest BCUT2D eigenvalue weighted by molar-refractivity contribution is 7.16. The van der Waals surface area contributed by atoms with Gasteiger partial charge in [0, 0.05) is 20.6 Å². The predicted molar refractivity (Wildman–Crippen MR) is 108 cm³/mol. The van der Waals surface area contributed by atoms with Gasteiger partial charge in [-0.2, -0.15) is 4.99 Å². The molecule has 3 rings (SSSR count).